The number of imide groups is 1. The molecule has 2 rings (SSSR count). The third kappa shape index (κ3) is 4.15. The third-order valence-corrected chi connectivity index (χ3v) is 3.46. The lowest BCUT2D eigenvalue weighted by Crippen LogP contribution is -2.35. The van der Waals surface area contributed by atoms with Gasteiger partial charge in [-0.05, 0) is 31.4 Å². The number of hydrogen-bond donors (Lipinski definition) is 1. The Kier molecular flexibility index (Phi) is 5.46. The van der Waals surface area contributed by atoms with E-state index in [9.17, 15) is 19.2 Å². The standard InChI is InChI=1S/C16H17NO6/c18-13(19)8-2-1-5-9-23-14(20)10-17-15(21)11-6-3-4-7-12(11)16(17)22/h3-4,6-7H,1-2,5,8-10H2,(H,18,19). The molecule has 0 spiro atoms. The molecular formula is C16H17NO6. The summed E-state index contributed by atoms with van der Waals surface area (Å²) >= 11 is 0. The third-order valence-electron chi connectivity index (χ3n) is 3.46. The number of benzene rings is 1. The number of hydrogen-bond acceptors (Lipinski definition) is 5. The molecule has 0 radical (unpaired) electrons. The summed E-state index contributed by atoms with van der Waals surface area (Å²) in [5.74, 6) is -2.50. The molecule has 1 heterocycles. The fourth-order valence-electron chi connectivity index (χ4n) is 2.30. The summed E-state index contributed by atoms with van der Waals surface area (Å²) < 4.78 is 4.97. The predicted molar refractivity (Wildman–Crippen MR) is 78.9 cm³/mol. The lowest BCUT2D eigenvalue weighted by Gasteiger charge is -2.12. The van der Waals surface area contributed by atoms with Gasteiger partial charge < -0.3 is 9.84 Å². The van der Waals surface area contributed by atoms with Crippen LogP contribution >= 0.6 is 0 Å². The average Bonchev–Trinajstić information content (AvgIpc) is 2.76. The van der Waals surface area contributed by atoms with Gasteiger partial charge in [0.25, 0.3) is 11.8 Å². The zero-order valence-electron chi connectivity index (χ0n) is 12.5. The number of carbonyl (C=O) groups excluding carboxylic acids is 3. The number of carboxylic acids is 1. The van der Waals surface area contributed by atoms with E-state index < -0.39 is 30.3 Å². The lowest BCUT2D eigenvalue weighted by atomic mass is 10.1. The first kappa shape index (κ1) is 16.7. The van der Waals surface area contributed by atoms with Gasteiger partial charge in [0.05, 0.1) is 17.7 Å². The van der Waals surface area contributed by atoms with E-state index in [-0.39, 0.29) is 13.0 Å². The molecular weight excluding hydrogens is 302 g/mol. The molecule has 0 aliphatic carbocycles. The van der Waals surface area contributed by atoms with E-state index >= 15 is 0 Å². The van der Waals surface area contributed by atoms with Crippen molar-refractivity contribution in [2.24, 2.45) is 0 Å². The van der Waals surface area contributed by atoms with Crippen molar-refractivity contribution >= 4 is 23.8 Å². The van der Waals surface area contributed by atoms with Crippen LogP contribution in [0.2, 0.25) is 0 Å². The summed E-state index contributed by atoms with van der Waals surface area (Å²) in [5.41, 5.74) is 0.581. The van der Waals surface area contributed by atoms with Gasteiger partial charge in [-0.1, -0.05) is 12.1 Å². The Labute approximate surface area is 132 Å². The molecule has 7 nitrogen and oxygen atoms in total. The quantitative estimate of drug-likeness (QED) is 0.442. The van der Waals surface area contributed by atoms with Crippen LogP contribution in [0.5, 0.6) is 0 Å². The Morgan fingerprint density at radius 3 is 2.17 bits per heavy atom. The van der Waals surface area contributed by atoms with Gasteiger partial charge in [-0.25, -0.2) is 0 Å². The molecule has 0 unspecified atom stereocenters. The summed E-state index contributed by atoms with van der Waals surface area (Å²) in [6, 6.07) is 6.40. The van der Waals surface area contributed by atoms with Crippen LogP contribution in [0, 0.1) is 0 Å². The maximum absolute atomic E-state index is 12.1. The first-order valence-corrected chi connectivity index (χ1v) is 7.33. The molecule has 122 valence electrons. The van der Waals surface area contributed by atoms with Crippen LogP contribution in [0.4, 0.5) is 0 Å². The molecule has 2 amide bonds. The molecule has 1 aromatic carbocycles. The van der Waals surface area contributed by atoms with Crippen LogP contribution in [0.3, 0.4) is 0 Å². The van der Waals surface area contributed by atoms with Crippen molar-refractivity contribution in [3.05, 3.63) is 35.4 Å². The highest BCUT2D eigenvalue weighted by Gasteiger charge is 2.36. The van der Waals surface area contributed by atoms with Crippen molar-refractivity contribution in [3.63, 3.8) is 0 Å². The first-order valence-electron chi connectivity index (χ1n) is 7.33. The number of carbonyl (C=O) groups is 4. The van der Waals surface area contributed by atoms with Crippen molar-refractivity contribution in [2.75, 3.05) is 13.2 Å². The van der Waals surface area contributed by atoms with Crippen LogP contribution in [-0.2, 0) is 14.3 Å². The lowest BCUT2D eigenvalue weighted by molar-refractivity contribution is -0.144. The van der Waals surface area contributed by atoms with Gasteiger partial charge in [-0.2, -0.15) is 0 Å². The minimum Gasteiger partial charge on any atom is -0.481 e. The maximum atomic E-state index is 12.1. The minimum atomic E-state index is -0.854. The van der Waals surface area contributed by atoms with Crippen molar-refractivity contribution in [3.8, 4) is 0 Å². The van der Waals surface area contributed by atoms with Crippen LogP contribution < -0.4 is 0 Å². The number of ether oxygens (including phenoxy) is 1. The van der Waals surface area contributed by atoms with E-state index in [1.165, 1.54) is 0 Å². The van der Waals surface area contributed by atoms with Crippen molar-refractivity contribution in [1.29, 1.82) is 0 Å². The van der Waals surface area contributed by atoms with Crippen LogP contribution in [-0.4, -0.2) is 46.9 Å². The smallest absolute Gasteiger partial charge is 0.326 e. The Balaban J connectivity index is 1.75. The van der Waals surface area contributed by atoms with Crippen molar-refractivity contribution in [2.45, 2.75) is 25.7 Å². The van der Waals surface area contributed by atoms with E-state index in [0.717, 1.165) is 4.90 Å². The summed E-state index contributed by atoms with van der Waals surface area (Å²) in [7, 11) is 0. The van der Waals surface area contributed by atoms with Gasteiger partial charge in [-0.15, -0.1) is 0 Å². The molecule has 0 atom stereocenters. The molecule has 0 saturated carbocycles. The van der Waals surface area contributed by atoms with Crippen LogP contribution in [0.15, 0.2) is 24.3 Å². The number of fused-ring (bicyclic) bond motifs is 1. The highest BCUT2D eigenvalue weighted by molar-refractivity contribution is 6.22. The Morgan fingerprint density at radius 2 is 1.61 bits per heavy atom. The zero-order chi connectivity index (χ0) is 16.8. The monoisotopic (exact) mass is 319 g/mol. The molecule has 7 heteroatoms. The maximum Gasteiger partial charge on any atom is 0.326 e. The Morgan fingerprint density at radius 1 is 1.00 bits per heavy atom. The van der Waals surface area contributed by atoms with Crippen LogP contribution in [0.1, 0.15) is 46.4 Å². The molecule has 1 aliphatic rings. The Bertz CT molecular complexity index is 604. The highest BCUT2D eigenvalue weighted by atomic mass is 16.5. The molecule has 23 heavy (non-hydrogen) atoms. The first-order chi connectivity index (χ1) is 11.0. The van der Waals surface area contributed by atoms with E-state index in [4.69, 9.17) is 9.84 Å². The number of aliphatic carboxylic acids is 1. The number of nitrogens with zero attached hydrogens (tertiary/aromatic N) is 1. The van der Waals surface area contributed by atoms with Crippen molar-refractivity contribution < 1.29 is 29.0 Å². The van der Waals surface area contributed by atoms with Gasteiger partial charge in [0.2, 0.25) is 0 Å². The van der Waals surface area contributed by atoms with E-state index in [1.54, 1.807) is 24.3 Å². The summed E-state index contributed by atoms with van der Waals surface area (Å²) in [6.07, 6.45) is 1.78. The van der Waals surface area contributed by atoms with Gasteiger partial charge in [0, 0.05) is 6.42 Å². The van der Waals surface area contributed by atoms with E-state index in [1.807, 2.05) is 0 Å². The molecule has 1 aliphatic heterocycles. The summed E-state index contributed by atoms with van der Waals surface area (Å²) in [4.78, 5) is 47.1. The number of unbranched alkanes of at least 4 members (excludes halogenated alkanes) is 2. The van der Waals surface area contributed by atoms with Crippen molar-refractivity contribution in [1.82, 2.24) is 4.90 Å². The molecule has 0 saturated heterocycles. The normalized spacial score (nSPS) is 13.1. The number of amides is 2. The van der Waals surface area contributed by atoms with Gasteiger partial charge in [0.15, 0.2) is 0 Å². The molecule has 1 N–H and O–H groups in total. The van der Waals surface area contributed by atoms with E-state index in [0.29, 0.717) is 30.4 Å². The molecule has 0 bridgehead atoms. The Hall–Kier alpha value is -2.70. The molecule has 1 aromatic rings. The highest BCUT2D eigenvalue weighted by Crippen LogP contribution is 2.22. The predicted octanol–water partition coefficient (Wildman–Crippen LogP) is 1.47. The van der Waals surface area contributed by atoms with Gasteiger partial charge in [0.1, 0.15) is 6.54 Å². The number of rotatable bonds is 8. The summed E-state index contributed by atoms with van der Waals surface area (Å²) in [5, 5.41) is 8.49. The molecule has 0 fully saturated rings. The topological polar surface area (TPSA) is 101 Å². The fraction of sp³-hybridized carbons (Fsp3) is 0.375. The number of carboxylic acid groups (broad SMARTS) is 1. The van der Waals surface area contributed by atoms with Crippen LogP contribution in [0.25, 0.3) is 0 Å². The second-order valence-electron chi connectivity index (χ2n) is 5.17. The molecule has 0 aromatic heterocycles. The second kappa shape index (κ2) is 7.53. The average molecular weight is 319 g/mol. The zero-order valence-corrected chi connectivity index (χ0v) is 12.5. The fourth-order valence-corrected chi connectivity index (χ4v) is 2.30. The van der Waals surface area contributed by atoms with Gasteiger partial charge >= 0.3 is 11.9 Å². The second-order valence-corrected chi connectivity index (χ2v) is 5.17. The van der Waals surface area contributed by atoms with E-state index in [2.05, 4.69) is 0 Å². The largest absolute Gasteiger partial charge is 0.481 e. The number of esters is 1. The van der Waals surface area contributed by atoms with Gasteiger partial charge in [-0.3, -0.25) is 24.1 Å². The summed E-state index contributed by atoms with van der Waals surface area (Å²) in [6.45, 7) is -0.275. The minimum absolute atomic E-state index is 0.0863. The SMILES string of the molecule is O=C(O)CCCCCOC(=O)CN1C(=O)c2ccccc2C1=O.